The van der Waals surface area contributed by atoms with E-state index < -0.39 is 0 Å². The summed E-state index contributed by atoms with van der Waals surface area (Å²) in [5, 5.41) is 6.84. The molecule has 0 atom stereocenters. The van der Waals surface area contributed by atoms with Crippen LogP contribution in [0.15, 0.2) is 0 Å². The normalized spacial score (nSPS) is 9.88. The van der Waals surface area contributed by atoms with Crippen LogP contribution >= 0.6 is 0 Å². The quantitative estimate of drug-likeness (QED) is 0.398. The first-order valence-electron chi connectivity index (χ1n) is 2.60. The number of nitrogens with zero attached hydrogens (tertiary/aromatic N) is 1. The highest BCUT2D eigenvalue weighted by Gasteiger charge is 1.89. The molecule has 0 aromatic rings. The highest BCUT2D eigenvalue weighted by Crippen LogP contribution is 1.79. The lowest BCUT2D eigenvalue weighted by atomic mass is 10.4. The van der Waals surface area contributed by atoms with E-state index in [9.17, 15) is 0 Å². The van der Waals surface area contributed by atoms with Crippen molar-refractivity contribution >= 4 is 5.84 Å². The Morgan fingerprint density at radius 1 is 1.62 bits per heavy atom. The van der Waals surface area contributed by atoms with Crippen LogP contribution in [0.1, 0.15) is 6.42 Å². The molecule has 0 aliphatic heterocycles. The summed E-state index contributed by atoms with van der Waals surface area (Å²) in [7, 11) is 3.92. The Labute approximate surface area is 50.0 Å². The van der Waals surface area contributed by atoms with E-state index in [2.05, 4.69) is 0 Å². The summed E-state index contributed by atoms with van der Waals surface area (Å²) in [6, 6.07) is 0. The maximum Gasteiger partial charge on any atom is 0.0918 e. The Balaban J connectivity index is 3.05. The van der Waals surface area contributed by atoms with E-state index in [1.54, 1.807) is 0 Å². The van der Waals surface area contributed by atoms with Crippen LogP contribution < -0.4 is 5.73 Å². The van der Waals surface area contributed by atoms with Gasteiger partial charge in [-0.15, -0.1) is 0 Å². The molecule has 0 amide bonds. The highest BCUT2D eigenvalue weighted by atomic mass is 15.0. The van der Waals surface area contributed by atoms with Crippen molar-refractivity contribution in [3.05, 3.63) is 0 Å². The number of hydrogen-bond donors (Lipinski definition) is 2. The molecule has 0 aromatic carbocycles. The number of rotatable bonds is 3. The van der Waals surface area contributed by atoms with Gasteiger partial charge in [0, 0.05) is 13.0 Å². The second kappa shape index (κ2) is 3.43. The average Bonchev–Trinajstić information content (AvgIpc) is 1.61. The van der Waals surface area contributed by atoms with Gasteiger partial charge in [0.05, 0.1) is 5.84 Å². The molecule has 0 spiro atoms. The Hall–Kier alpha value is -0.570. The van der Waals surface area contributed by atoms with Crippen LogP contribution in [0, 0.1) is 5.41 Å². The number of amidine groups is 1. The maximum atomic E-state index is 6.84. The van der Waals surface area contributed by atoms with Gasteiger partial charge in [-0.1, -0.05) is 0 Å². The predicted octanol–water partition coefficient (Wildman–Crippen LogP) is -0.126. The lowest BCUT2D eigenvalue weighted by molar-refractivity contribution is 0.421. The predicted molar refractivity (Wildman–Crippen MR) is 35.1 cm³/mol. The van der Waals surface area contributed by atoms with Crippen molar-refractivity contribution in [3.8, 4) is 0 Å². The molecule has 0 heterocycles. The fourth-order valence-electron chi connectivity index (χ4n) is 0.344. The number of nitrogens with two attached hydrogens (primary N) is 1. The van der Waals surface area contributed by atoms with Crippen molar-refractivity contribution in [1.82, 2.24) is 4.90 Å². The molecule has 48 valence electrons. The van der Waals surface area contributed by atoms with Crippen molar-refractivity contribution in [3.63, 3.8) is 0 Å². The maximum absolute atomic E-state index is 6.84. The van der Waals surface area contributed by atoms with E-state index in [1.807, 2.05) is 19.0 Å². The SMILES string of the molecule is CN(C)CCC(=N)N. The summed E-state index contributed by atoms with van der Waals surface area (Å²) >= 11 is 0. The molecule has 0 aliphatic rings. The van der Waals surface area contributed by atoms with E-state index in [0.29, 0.717) is 6.42 Å². The minimum Gasteiger partial charge on any atom is -0.388 e. The third-order valence-electron chi connectivity index (χ3n) is 0.828. The van der Waals surface area contributed by atoms with Crippen LogP contribution in [0.3, 0.4) is 0 Å². The van der Waals surface area contributed by atoms with Crippen LogP contribution in [-0.2, 0) is 0 Å². The van der Waals surface area contributed by atoms with Crippen molar-refractivity contribution < 1.29 is 0 Å². The second-order valence-corrected chi connectivity index (χ2v) is 2.08. The van der Waals surface area contributed by atoms with Crippen LogP contribution in [0.2, 0.25) is 0 Å². The lowest BCUT2D eigenvalue weighted by Gasteiger charge is -2.06. The lowest BCUT2D eigenvalue weighted by Crippen LogP contribution is -2.20. The fourth-order valence-corrected chi connectivity index (χ4v) is 0.344. The van der Waals surface area contributed by atoms with E-state index >= 15 is 0 Å². The van der Waals surface area contributed by atoms with Crippen molar-refractivity contribution in [1.29, 1.82) is 5.41 Å². The summed E-state index contributed by atoms with van der Waals surface area (Å²) in [4.78, 5) is 2.00. The van der Waals surface area contributed by atoms with Crippen molar-refractivity contribution in [2.24, 2.45) is 5.73 Å². The molecular formula is C5H13N3. The van der Waals surface area contributed by atoms with Crippen LogP contribution in [0.4, 0.5) is 0 Å². The minimum atomic E-state index is 0.263. The Bertz CT molecular complexity index is 77.7. The third kappa shape index (κ3) is 5.43. The molecule has 3 nitrogen and oxygen atoms in total. The van der Waals surface area contributed by atoms with Gasteiger partial charge in [-0.25, -0.2) is 0 Å². The molecule has 0 radical (unpaired) electrons. The molecule has 0 unspecified atom stereocenters. The smallest absolute Gasteiger partial charge is 0.0918 e. The summed E-state index contributed by atoms with van der Waals surface area (Å²) in [5.41, 5.74) is 5.10. The van der Waals surface area contributed by atoms with E-state index in [-0.39, 0.29) is 5.84 Å². The second-order valence-electron chi connectivity index (χ2n) is 2.08. The van der Waals surface area contributed by atoms with Crippen LogP contribution in [-0.4, -0.2) is 31.4 Å². The molecule has 0 aromatic heterocycles. The average molecular weight is 115 g/mol. The fraction of sp³-hybridized carbons (Fsp3) is 0.800. The van der Waals surface area contributed by atoms with Gasteiger partial charge in [0.15, 0.2) is 0 Å². The molecule has 0 saturated heterocycles. The molecule has 3 heteroatoms. The van der Waals surface area contributed by atoms with E-state index in [1.165, 1.54) is 0 Å². The monoisotopic (exact) mass is 115 g/mol. The first kappa shape index (κ1) is 7.43. The third-order valence-corrected chi connectivity index (χ3v) is 0.828. The van der Waals surface area contributed by atoms with E-state index in [4.69, 9.17) is 11.1 Å². The Kier molecular flexibility index (Phi) is 3.19. The summed E-state index contributed by atoms with van der Waals surface area (Å²) in [5.74, 6) is 0.263. The molecule has 8 heavy (non-hydrogen) atoms. The van der Waals surface area contributed by atoms with Gasteiger partial charge in [-0.2, -0.15) is 0 Å². The zero-order valence-corrected chi connectivity index (χ0v) is 5.44. The van der Waals surface area contributed by atoms with Gasteiger partial charge in [-0.3, -0.25) is 5.41 Å². The molecule has 0 fully saturated rings. The van der Waals surface area contributed by atoms with Gasteiger partial charge in [0.25, 0.3) is 0 Å². The molecule has 0 bridgehead atoms. The zero-order chi connectivity index (χ0) is 6.57. The minimum absolute atomic E-state index is 0.263. The Morgan fingerprint density at radius 2 is 2.12 bits per heavy atom. The van der Waals surface area contributed by atoms with Crippen LogP contribution in [0.25, 0.3) is 0 Å². The first-order valence-corrected chi connectivity index (χ1v) is 2.60. The first-order chi connectivity index (χ1) is 3.63. The van der Waals surface area contributed by atoms with Crippen molar-refractivity contribution in [2.75, 3.05) is 20.6 Å². The van der Waals surface area contributed by atoms with Crippen LogP contribution in [0.5, 0.6) is 0 Å². The van der Waals surface area contributed by atoms with Gasteiger partial charge in [0.2, 0.25) is 0 Å². The van der Waals surface area contributed by atoms with E-state index in [0.717, 1.165) is 6.54 Å². The van der Waals surface area contributed by atoms with Crippen molar-refractivity contribution in [2.45, 2.75) is 6.42 Å². The van der Waals surface area contributed by atoms with Gasteiger partial charge >= 0.3 is 0 Å². The highest BCUT2D eigenvalue weighted by molar-refractivity contribution is 5.76. The molecule has 3 N–H and O–H groups in total. The molecule has 0 aliphatic carbocycles. The molecule has 0 rings (SSSR count). The number of nitrogens with one attached hydrogen (secondary N) is 1. The molecule has 0 saturated carbocycles. The number of hydrogen-bond acceptors (Lipinski definition) is 2. The standard InChI is InChI=1S/C5H13N3/c1-8(2)4-3-5(6)7/h3-4H2,1-2H3,(H3,6,7). The topological polar surface area (TPSA) is 53.1 Å². The van der Waals surface area contributed by atoms with Gasteiger partial charge < -0.3 is 10.6 Å². The van der Waals surface area contributed by atoms with Gasteiger partial charge in [0.1, 0.15) is 0 Å². The summed E-state index contributed by atoms with van der Waals surface area (Å²) in [6.07, 6.45) is 0.674. The summed E-state index contributed by atoms with van der Waals surface area (Å²) < 4.78 is 0. The molecular weight excluding hydrogens is 102 g/mol. The van der Waals surface area contributed by atoms with Gasteiger partial charge in [-0.05, 0) is 14.1 Å². The largest absolute Gasteiger partial charge is 0.388 e. The summed E-state index contributed by atoms with van der Waals surface area (Å²) in [6.45, 7) is 0.870. The zero-order valence-electron chi connectivity index (χ0n) is 5.44. The Morgan fingerprint density at radius 3 is 2.25 bits per heavy atom.